The van der Waals surface area contributed by atoms with Gasteiger partial charge in [0, 0.05) is 6.42 Å². The lowest BCUT2D eigenvalue weighted by molar-refractivity contribution is -0.143. The van der Waals surface area contributed by atoms with Gasteiger partial charge in [0.1, 0.15) is 0 Å². The highest BCUT2D eigenvalue weighted by molar-refractivity contribution is 5.69. The van der Waals surface area contributed by atoms with Gasteiger partial charge in [0.25, 0.3) is 0 Å². The molecule has 0 fully saturated rings. The maximum atomic E-state index is 11.8. The fourth-order valence-electron chi connectivity index (χ4n) is 4.28. The van der Waals surface area contributed by atoms with E-state index in [4.69, 9.17) is 4.74 Å². The van der Waals surface area contributed by atoms with Crippen LogP contribution in [0.25, 0.3) is 0 Å². The van der Waals surface area contributed by atoms with Gasteiger partial charge in [-0.2, -0.15) is 0 Å². The number of ether oxygens (including phenoxy) is 1. The number of hydrogen-bond donors (Lipinski definition) is 0. The summed E-state index contributed by atoms with van der Waals surface area (Å²) in [7, 11) is 0. The van der Waals surface area contributed by atoms with E-state index in [-0.39, 0.29) is 5.97 Å². The van der Waals surface area contributed by atoms with Gasteiger partial charge in [-0.3, -0.25) is 4.79 Å². The Morgan fingerprint density at radius 2 is 1.12 bits per heavy atom. The first-order chi connectivity index (χ1) is 16.2. The lowest BCUT2D eigenvalue weighted by Gasteiger charge is -2.07. The summed E-state index contributed by atoms with van der Waals surface area (Å²) in [6.45, 7) is 7.55. The van der Waals surface area contributed by atoms with Gasteiger partial charge in [-0.05, 0) is 44.4 Å². The quantitative estimate of drug-likeness (QED) is 0.0722. The number of rotatable bonds is 26. The molecule has 0 rings (SSSR count). The highest BCUT2D eigenvalue weighted by Gasteiger charge is 2.02. The molecule has 0 spiro atoms. The van der Waals surface area contributed by atoms with E-state index in [0.29, 0.717) is 13.0 Å². The van der Waals surface area contributed by atoms with Crippen LogP contribution in [0.15, 0.2) is 12.2 Å². The summed E-state index contributed by atoms with van der Waals surface area (Å²) < 4.78 is 5.40. The minimum atomic E-state index is 0.0124. The van der Waals surface area contributed by atoms with Crippen molar-refractivity contribution >= 4 is 5.97 Å². The molecule has 1 unspecified atom stereocenters. The Hall–Kier alpha value is -0.790. The lowest BCUT2D eigenvalue weighted by atomic mass is 9.99. The molecule has 0 aliphatic rings. The monoisotopic (exact) mass is 464 g/mol. The minimum Gasteiger partial charge on any atom is -0.466 e. The SMILES string of the molecule is CCCCCC/C=C\CCCCCCCC(=O)OCCCCCCCCCCCC(C)CC. The molecule has 0 radical (unpaired) electrons. The number of carbonyl (C=O) groups is 1. The van der Waals surface area contributed by atoms with Crippen molar-refractivity contribution in [1.82, 2.24) is 0 Å². The molecule has 1 atom stereocenters. The van der Waals surface area contributed by atoms with E-state index in [2.05, 4.69) is 32.9 Å². The van der Waals surface area contributed by atoms with Crippen LogP contribution >= 0.6 is 0 Å². The molecule has 0 N–H and O–H groups in total. The summed E-state index contributed by atoms with van der Waals surface area (Å²) in [6.07, 6.45) is 33.8. The lowest BCUT2D eigenvalue weighted by Crippen LogP contribution is -2.05. The predicted molar refractivity (Wildman–Crippen MR) is 147 cm³/mol. The Morgan fingerprint density at radius 3 is 1.70 bits per heavy atom. The van der Waals surface area contributed by atoms with Crippen LogP contribution in [0, 0.1) is 5.92 Å². The Morgan fingerprint density at radius 1 is 0.636 bits per heavy atom. The highest BCUT2D eigenvalue weighted by atomic mass is 16.5. The van der Waals surface area contributed by atoms with Gasteiger partial charge >= 0.3 is 5.97 Å². The van der Waals surface area contributed by atoms with Crippen LogP contribution in [0.4, 0.5) is 0 Å². The van der Waals surface area contributed by atoms with Crippen molar-refractivity contribution in [3.8, 4) is 0 Å². The third-order valence-corrected chi connectivity index (χ3v) is 6.94. The topological polar surface area (TPSA) is 26.3 Å². The average molecular weight is 465 g/mol. The maximum Gasteiger partial charge on any atom is 0.305 e. The molecule has 196 valence electrons. The molecule has 2 heteroatoms. The van der Waals surface area contributed by atoms with Crippen molar-refractivity contribution in [2.24, 2.45) is 5.92 Å². The van der Waals surface area contributed by atoms with Gasteiger partial charge in [0.05, 0.1) is 6.61 Å². The smallest absolute Gasteiger partial charge is 0.305 e. The van der Waals surface area contributed by atoms with Crippen LogP contribution in [0.2, 0.25) is 0 Å². The first-order valence-electron chi connectivity index (χ1n) is 15.0. The molecule has 0 saturated carbocycles. The van der Waals surface area contributed by atoms with Gasteiger partial charge in [0.15, 0.2) is 0 Å². The van der Waals surface area contributed by atoms with E-state index in [1.807, 2.05) is 0 Å². The summed E-state index contributed by atoms with van der Waals surface area (Å²) in [6, 6.07) is 0. The Bertz CT molecular complexity index is 415. The van der Waals surface area contributed by atoms with Crippen LogP contribution < -0.4 is 0 Å². The van der Waals surface area contributed by atoms with Gasteiger partial charge in [-0.1, -0.05) is 136 Å². The maximum absolute atomic E-state index is 11.8. The Kier molecular flexibility index (Phi) is 26.8. The van der Waals surface area contributed by atoms with Crippen molar-refractivity contribution < 1.29 is 9.53 Å². The summed E-state index contributed by atoms with van der Waals surface area (Å²) in [5.41, 5.74) is 0. The normalized spacial score (nSPS) is 12.5. The number of allylic oxidation sites excluding steroid dienone is 2. The fourth-order valence-corrected chi connectivity index (χ4v) is 4.28. The van der Waals surface area contributed by atoms with Crippen molar-refractivity contribution in [2.45, 2.75) is 168 Å². The van der Waals surface area contributed by atoms with Crippen molar-refractivity contribution in [1.29, 1.82) is 0 Å². The van der Waals surface area contributed by atoms with Gasteiger partial charge < -0.3 is 4.74 Å². The molecule has 0 aromatic heterocycles. The average Bonchev–Trinajstić information content (AvgIpc) is 2.82. The van der Waals surface area contributed by atoms with Crippen LogP contribution in [0.1, 0.15) is 168 Å². The first-order valence-corrected chi connectivity index (χ1v) is 15.0. The second-order valence-electron chi connectivity index (χ2n) is 10.3. The molecular formula is C31H60O2. The number of unbranched alkanes of at least 4 members (excludes halogenated alkanes) is 17. The van der Waals surface area contributed by atoms with E-state index in [0.717, 1.165) is 25.2 Å². The van der Waals surface area contributed by atoms with Crippen molar-refractivity contribution in [3.05, 3.63) is 12.2 Å². The van der Waals surface area contributed by atoms with Crippen LogP contribution in [-0.2, 0) is 9.53 Å². The molecule has 0 amide bonds. The molecule has 0 heterocycles. The van der Waals surface area contributed by atoms with Crippen LogP contribution in [-0.4, -0.2) is 12.6 Å². The zero-order valence-corrected chi connectivity index (χ0v) is 23.0. The predicted octanol–water partition coefficient (Wildman–Crippen LogP) is 10.7. The molecule has 0 aromatic rings. The van der Waals surface area contributed by atoms with E-state index < -0.39 is 0 Å². The molecule has 0 aromatic carbocycles. The standard InChI is InChI=1S/C31H60O2/c1-4-6-7-8-9-10-11-12-13-16-19-22-25-28-31(32)33-29-26-23-20-17-14-15-18-21-24-27-30(3)5-2/h10-11,30H,4-9,12-29H2,1-3H3/b11-10-. The Balaban J connectivity index is 3.21. The number of carbonyl (C=O) groups excluding carboxylic acids is 1. The zero-order chi connectivity index (χ0) is 24.2. The molecule has 0 saturated heterocycles. The third kappa shape index (κ3) is 27.3. The van der Waals surface area contributed by atoms with Gasteiger partial charge in [0.2, 0.25) is 0 Å². The fraction of sp³-hybridized carbons (Fsp3) is 0.903. The molecular weight excluding hydrogens is 404 g/mol. The van der Waals surface area contributed by atoms with Gasteiger partial charge in [-0.15, -0.1) is 0 Å². The van der Waals surface area contributed by atoms with Crippen LogP contribution in [0.3, 0.4) is 0 Å². The summed E-state index contributed by atoms with van der Waals surface area (Å²) in [5, 5.41) is 0. The van der Waals surface area contributed by atoms with Gasteiger partial charge in [-0.25, -0.2) is 0 Å². The third-order valence-electron chi connectivity index (χ3n) is 6.94. The van der Waals surface area contributed by atoms with E-state index in [9.17, 15) is 4.79 Å². The summed E-state index contributed by atoms with van der Waals surface area (Å²) in [5.74, 6) is 0.921. The van der Waals surface area contributed by atoms with Crippen molar-refractivity contribution in [3.63, 3.8) is 0 Å². The van der Waals surface area contributed by atoms with E-state index in [1.165, 1.54) is 122 Å². The molecule has 2 nitrogen and oxygen atoms in total. The molecule has 0 bridgehead atoms. The largest absolute Gasteiger partial charge is 0.466 e. The first kappa shape index (κ1) is 32.2. The molecule has 33 heavy (non-hydrogen) atoms. The number of hydrogen-bond acceptors (Lipinski definition) is 2. The second-order valence-corrected chi connectivity index (χ2v) is 10.3. The zero-order valence-electron chi connectivity index (χ0n) is 23.0. The van der Waals surface area contributed by atoms with Crippen LogP contribution in [0.5, 0.6) is 0 Å². The van der Waals surface area contributed by atoms with E-state index >= 15 is 0 Å². The summed E-state index contributed by atoms with van der Waals surface area (Å²) in [4.78, 5) is 11.8. The summed E-state index contributed by atoms with van der Waals surface area (Å²) >= 11 is 0. The minimum absolute atomic E-state index is 0.0124. The highest BCUT2D eigenvalue weighted by Crippen LogP contribution is 2.15. The molecule has 0 aliphatic heterocycles. The molecule has 0 aliphatic carbocycles. The number of esters is 1. The van der Waals surface area contributed by atoms with E-state index in [1.54, 1.807) is 0 Å². The Labute approximate surface area is 208 Å². The van der Waals surface area contributed by atoms with Crippen molar-refractivity contribution in [2.75, 3.05) is 6.61 Å². The second kappa shape index (κ2) is 27.5.